The van der Waals surface area contributed by atoms with Crippen LogP contribution >= 0.6 is 0 Å². The molecule has 1 N–H and O–H groups in total. The molecular weight excluding hydrogens is 300 g/mol. The van der Waals surface area contributed by atoms with E-state index in [0.29, 0.717) is 12.5 Å². The molecule has 5 heteroatoms. The lowest BCUT2D eigenvalue weighted by Crippen LogP contribution is -2.42. The van der Waals surface area contributed by atoms with Crippen molar-refractivity contribution in [3.8, 4) is 0 Å². The van der Waals surface area contributed by atoms with E-state index in [2.05, 4.69) is 46.4 Å². The molecule has 1 aliphatic heterocycles. The minimum absolute atomic E-state index is 0.103. The van der Waals surface area contributed by atoms with Gasteiger partial charge in [0.1, 0.15) is 5.82 Å². The van der Waals surface area contributed by atoms with Crippen molar-refractivity contribution >= 4 is 22.6 Å². The first-order valence-corrected chi connectivity index (χ1v) is 8.65. The fourth-order valence-electron chi connectivity index (χ4n) is 3.36. The van der Waals surface area contributed by atoms with Crippen LogP contribution in [0, 0.1) is 5.92 Å². The largest absolute Gasteiger partial charge is 0.359 e. The average molecular weight is 326 g/mol. The van der Waals surface area contributed by atoms with Crippen molar-refractivity contribution in [2.75, 3.05) is 45.2 Å². The first-order valence-electron chi connectivity index (χ1n) is 8.65. The minimum Gasteiger partial charge on any atom is -0.359 e. The van der Waals surface area contributed by atoms with Gasteiger partial charge in [0.2, 0.25) is 5.91 Å². The Kier molecular flexibility index (Phi) is 5.30. The average Bonchev–Trinajstić information content (AvgIpc) is 2.62. The number of benzene rings is 1. The summed E-state index contributed by atoms with van der Waals surface area (Å²) in [6.45, 7) is 3.53. The van der Waals surface area contributed by atoms with E-state index in [9.17, 15) is 4.79 Å². The highest BCUT2D eigenvalue weighted by molar-refractivity contribution is 5.80. The van der Waals surface area contributed by atoms with Gasteiger partial charge in [-0.25, -0.2) is 4.98 Å². The number of fused-ring (bicyclic) bond motifs is 1. The number of nitrogens with one attached hydrogen (secondary N) is 1. The number of hydrogen-bond acceptors (Lipinski definition) is 4. The number of rotatable bonds is 5. The molecule has 0 unspecified atom stereocenters. The molecular formula is C19H26N4O. The molecule has 1 aromatic heterocycles. The maximum Gasteiger partial charge on any atom is 0.233 e. The van der Waals surface area contributed by atoms with Gasteiger partial charge < -0.3 is 10.2 Å². The van der Waals surface area contributed by atoms with E-state index in [1.54, 1.807) is 7.05 Å². The number of anilines is 1. The first-order chi connectivity index (χ1) is 11.7. The molecule has 3 rings (SSSR count). The Morgan fingerprint density at radius 3 is 2.75 bits per heavy atom. The van der Waals surface area contributed by atoms with Crippen LogP contribution in [0.1, 0.15) is 12.8 Å². The van der Waals surface area contributed by atoms with Crippen LogP contribution in [0.15, 0.2) is 36.4 Å². The molecule has 128 valence electrons. The molecule has 0 bridgehead atoms. The van der Waals surface area contributed by atoms with E-state index >= 15 is 0 Å². The Morgan fingerprint density at radius 2 is 2.00 bits per heavy atom. The number of hydrogen-bond donors (Lipinski definition) is 1. The highest BCUT2D eigenvalue weighted by Gasteiger charge is 2.22. The van der Waals surface area contributed by atoms with Gasteiger partial charge in [0.25, 0.3) is 0 Å². The van der Waals surface area contributed by atoms with Gasteiger partial charge in [-0.2, -0.15) is 0 Å². The standard InChI is InChI=1S/C19H26N4O/c1-20-19(24)14-23-11-9-15(10-12-23)13-22(2)18-8-7-16-5-3-4-6-17(16)21-18/h3-8,15H,9-14H2,1-2H3,(H,20,24). The van der Waals surface area contributed by atoms with Crippen LogP contribution in [0.2, 0.25) is 0 Å². The SMILES string of the molecule is CNC(=O)CN1CCC(CN(C)c2ccc3ccccc3n2)CC1. The number of para-hydroxylation sites is 1. The lowest BCUT2D eigenvalue weighted by atomic mass is 9.96. The molecule has 0 aliphatic carbocycles. The zero-order valence-corrected chi connectivity index (χ0v) is 14.5. The Labute approximate surface area is 143 Å². The number of carbonyl (C=O) groups excluding carboxylic acids is 1. The van der Waals surface area contributed by atoms with Crippen molar-refractivity contribution in [1.29, 1.82) is 0 Å². The van der Waals surface area contributed by atoms with Crippen molar-refractivity contribution in [3.63, 3.8) is 0 Å². The van der Waals surface area contributed by atoms with Gasteiger partial charge in [-0.1, -0.05) is 18.2 Å². The monoisotopic (exact) mass is 326 g/mol. The van der Waals surface area contributed by atoms with Crippen LogP contribution in [0.25, 0.3) is 10.9 Å². The molecule has 1 saturated heterocycles. The second kappa shape index (κ2) is 7.62. The smallest absolute Gasteiger partial charge is 0.233 e. The predicted molar refractivity (Wildman–Crippen MR) is 98.2 cm³/mol. The molecule has 5 nitrogen and oxygen atoms in total. The van der Waals surface area contributed by atoms with Gasteiger partial charge >= 0.3 is 0 Å². The number of carbonyl (C=O) groups is 1. The number of likely N-dealkylation sites (tertiary alicyclic amines) is 1. The van der Waals surface area contributed by atoms with Crippen molar-refractivity contribution in [2.45, 2.75) is 12.8 Å². The molecule has 1 aliphatic rings. The maximum absolute atomic E-state index is 11.5. The van der Waals surface area contributed by atoms with E-state index < -0.39 is 0 Å². The number of nitrogens with zero attached hydrogens (tertiary/aromatic N) is 3. The van der Waals surface area contributed by atoms with Crippen LogP contribution in [0.3, 0.4) is 0 Å². The molecule has 2 aromatic rings. The molecule has 2 heterocycles. The summed E-state index contributed by atoms with van der Waals surface area (Å²) in [5, 5.41) is 3.87. The third kappa shape index (κ3) is 4.03. The molecule has 24 heavy (non-hydrogen) atoms. The molecule has 0 radical (unpaired) electrons. The van der Waals surface area contributed by atoms with Gasteiger partial charge in [0.05, 0.1) is 12.1 Å². The highest BCUT2D eigenvalue weighted by Crippen LogP contribution is 2.22. The Morgan fingerprint density at radius 1 is 1.25 bits per heavy atom. The number of pyridine rings is 1. The molecule has 0 atom stereocenters. The predicted octanol–water partition coefficient (Wildman–Crippen LogP) is 2.13. The number of aromatic nitrogens is 1. The van der Waals surface area contributed by atoms with Gasteiger partial charge in [0.15, 0.2) is 0 Å². The van der Waals surface area contributed by atoms with E-state index in [0.717, 1.165) is 43.8 Å². The van der Waals surface area contributed by atoms with Gasteiger partial charge in [-0.05, 0) is 50.0 Å². The quantitative estimate of drug-likeness (QED) is 0.914. The fourth-order valence-corrected chi connectivity index (χ4v) is 3.36. The highest BCUT2D eigenvalue weighted by atomic mass is 16.1. The molecule has 0 spiro atoms. The third-order valence-electron chi connectivity index (χ3n) is 4.86. The van der Waals surface area contributed by atoms with Crippen molar-refractivity contribution in [2.24, 2.45) is 5.92 Å². The number of amides is 1. The maximum atomic E-state index is 11.5. The molecule has 1 fully saturated rings. The summed E-state index contributed by atoms with van der Waals surface area (Å²) in [5.41, 5.74) is 1.04. The summed E-state index contributed by atoms with van der Waals surface area (Å²) in [6.07, 6.45) is 2.27. The normalized spacial score (nSPS) is 16.2. The Bertz CT molecular complexity index is 695. The molecule has 0 saturated carbocycles. The van der Waals surface area contributed by atoms with E-state index in [1.807, 2.05) is 12.1 Å². The summed E-state index contributed by atoms with van der Waals surface area (Å²) in [7, 11) is 3.81. The third-order valence-corrected chi connectivity index (χ3v) is 4.86. The fraction of sp³-hybridized carbons (Fsp3) is 0.474. The van der Waals surface area contributed by atoms with Crippen LogP contribution in [0.4, 0.5) is 5.82 Å². The summed E-state index contributed by atoms with van der Waals surface area (Å²) in [4.78, 5) is 20.7. The number of piperidine rings is 1. The van der Waals surface area contributed by atoms with Crippen LogP contribution in [-0.2, 0) is 4.79 Å². The topological polar surface area (TPSA) is 48.5 Å². The second-order valence-corrected chi connectivity index (χ2v) is 6.64. The zero-order chi connectivity index (χ0) is 16.9. The second-order valence-electron chi connectivity index (χ2n) is 6.64. The van der Waals surface area contributed by atoms with E-state index in [4.69, 9.17) is 4.98 Å². The first kappa shape index (κ1) is 16.7. The summed E-state index contributed by atoms with van der Waals surface area (Å²) in [5.74, 6) is 1.79. The van der Waals surface area contributed by atoms with Crippen molar-refractivity contribution in [3.05, 3.63) is 36.4 Å². The Hall–Kier alpha value is -2.14. The molecule has 1 amide bonds. The van der Waals surface area contributed by atoms with Crippen LogP contribution in [-0.4, -0.2) is 56.1 Å². The summed E-state index contributed by atoms with van der Waals surface area (Å²) in [6, 6.07) is 12.5. The van der Waals surface area contributed by atoms with Gasteiger partial charge in [-0.15, -0.1) is 0 Å². The van der Waals surface area contributed by atoms with Gasteiger partial charge in [0, 0.05) is 26.0 Å². The van der Waals surface area contributed by atoms with Crippen molar-refractivity contribution < 1.29 is 4.79 Å². The number of likely N-dealkylation sites (N-methyl/N-ethyl adjacent to an activating group) is 1. The van der Waals surface area contributed by atoms with E-state index in [-0.39, 0.29) is 5.91 Å². The summed E-state index contributed by atoms with van der Waals surface area (Å²) >= 11 is 0. The van der Waals surface area contributed by atoms with E-state index in [1.165, 1.54) is 5.39 Å². The lowest BCUT2D eigenvalue weighted by Gasteiger charge is -2.33. The van der Waals surface area contributed by atoms with Crippen molar-refractivity contribution in [1.82, 2.24) is 15.2 Å². The zero-order valence-electron chi connectivity index (χ0n) is 14.5. The molecule has 1 aromatic carbocycles. The van der Waals surface area contributed by atoms with Crippen LogP contribution in [0.5, 0.6) is 0 Å². The summed E-state index contributed by atoms with van der Waals surface area (Å²) < 4.78 is 0. The minimum atomic E-state index is 0.103. The lowest BCUT2D eigenvalue weighted by molar-refractivity contribution is -0.122. The van der Waals surface area contributed by atoms with Gasteiger partial charge in [-0.3, -0.25) is 9.69 Å². The van der Waals surface area contributed by atoms with Crippen LogP contribution < -0.4 is 10.2 Å². The Balaban J connectivity index is 1.55.